The van der Waals surface area contributed by atoms with E-state index in [1.807, 2.05) is 0 Å². The minimum atomic E-state index is -0.203. The smallest absolute Gasteiger partial charge is 0.195 e. The van der Waals surface area contributed by atoms with Gasteiger partial charge in [0.2, 0.25) is 0 Å². The molecule has 1 aromatic rings. The standard InChI is InChI=1S/C10H17N3OS/c1-10(2,14-3)6-13-8(7-4-5-7)11-12-9(13)15/h7H,4-6H2,1-3H3,(H,12,15). The summed E-state index contributed by atoms with van der Waals surface area (Å²) in [6.45, 7) is 4.86. The van der Waals surface area contributed by atoms with Crippen LogP contribution in [0.1, 0.15) is 38.4 Å². The summed E-state index contributed by atoms with van der Waals surface area (Å²) in [6, 6.07) is 0. The van der Waals surface area contributed by atoms with Crippen LogP contribution >= 0.6 is 12.2 Å². The molecule has 4 nitrogen and oxygen atoms in total. The first-order valence-corrected chi connectivity index (χ1v) is 5.64. The molecule has 0 amide bonds. The number of aromatic amines is 1. The molecule has 15 heavy (non-hydrogen) atoms. The van der Waals surface area contributed by atoms with Gasteiger partial charge in [0.25, 0.3) is 0 Å². The van der Waals surface area contributed by atoms with Crippen LogP contribution in [0.25, 0.3) is 0 Å². The lowest BCUT2D eigenvalue weighted by Crippen LogP contribution is -2.29. The van der Waals surface area contributed by atoms with Gasteiger partial charge in [0, 0.05) is 13.0 Å². The minimum Gasteiger partial charge on any atom is -0.377 e. The van der Waals surface area contributed by atoms with Gasteiger partial charge in [-0.25, -0.2) is 0 Å². The zero-order chi connectivity index (χ0) is 11.1. The van der Waals surface area contributed by atoms with E-state index >= 15 is 0 Å². The Kier molecular flexibility index (Phi) is 2.68. The molecular weight excluding hydrogens is 210 g/mol. The van der Waals surface area contributed by atoms with Gasteiger partial charge < -0.3 is 9.30 Å². The Balaban J connectivity index is 2.26. The third-order valence-electron chi connectivity index (χ3n) is 2.82. The van der Waals surface area contributed by atoms with E-state index in [-0.39, 0.29) is 5.60 Å². The van der Waals surface area contributed by atoms with Gasteiger partial charge >= 0.3 is 0 Å². The molecule has 0 unspecified atom stereocenters. The normalized spacial score (nSPS) is 17.0. The SMILES string of the molecule is COC(C)(C)Cn1c(C2CC2)n[nH]c1=S. The van der Waals surface area contributed by atoms with Gasteiger partial charge in [-0.3, -0.25) is 5.10 Å². The van der Waals surface area contributed by atoms with Crippen LogP contribution in [0.4, 0.5) is 0 Å². The molecule has 1 N–H and O–H groups in total. The molecule has 0 radical (unpaired) electrons. The van der Waals surface area contributed by atoms with Crippen molar-refractivity contribution in [3.63, 3.8) is 0 Å². The first-order chi connectivity index (χ1) is 7.03. The maximum absolute atomic E-state index is 5.41. The van der Waals surface area contributed by atoms with Crippen LogP contribution in [0.15, 0.2) is 0 Å². The Morgan fingerprint density at radius 3 is 2.80 bits per heavy atom. The van der Waals surface area contributed by atoms with Crippen LogP contribution in [0.3, 0.4) is 0 Å². The first kappa shape index (κ1) is 10.8. The van der Waals surface area contributed by atoms with Gasteiger partial charge in [-0.05, 0) is 38.9 Å². The van der Waals surface area contributed by atoms with Gasteiger partial charge in [0.1, 0.15) is 5.82 Å². The quantitative estimate of drug-likeness (QED) is 0.802. The largest absolute Gasteiger partial charge is 0.377 e. The average molecular weight is 227 g/mol. The Hall–Kier alpha value is -0.680. The number of nitrogens with one attached hydrogen (secondary N) is 1. The third-order valence-corrected chi connectivity index (χ3v) is 3.13. The van der Waals surface area contributed by atoms with E-state index < -0.39 is 0 Å². The van der Waals surface area contributed by atoms with E-state index in [0.717, 1.165) is 12.4 Å². The summed E-state index contributed by atoms with van der Waals surface area (Å²) in [6.07, 6.45) is 2.46. The molecule has 1 heterocycles. The molecule has 1 aliphatic carbocycles. The molecule has 1 aliphatic rings. The summed E-state index contributed by atoms with van der Waals surface area (Å²) in [5.41, 5.74) is -0.203. The highest BCUT2D eigenvalue weighted by molar-refractivity contribution is 7.71. The summed E-state index contributed by atoms with van der Waals surface area (Å²) < 4.78 is 8.17. The second-order valence-corrected chi connectivity index (χ2v) is 5.10. The van der Waals surface area contributed by atoms with Crippen molar-refractivity contribution in [1.29, 1.82) is 0 Å². The van der Waals surface area contributed by atoms with Crippen LogP contribution in [0, 0.1) is 4.77 Å². The van der Waals surface area contributed by atoms with Crippen LogP contribution in [0.2, 0.25) is 0 Å². The zero-order valence-corrected chi connectivity index (χ0v) is 10.2. The van der Waals surface area contributed by atoms with E-state index in [0.29, 0.717) is 10.7 Å². The van der Waals surface area contributed by atoms with Crippen LogP contribution in [0.5, 0.6) is 0 Å². The predicted molar refractivity (Wildman–Crippen MR) is 60.5 cm³/mol. The van der Waals surface area contributed by atoms with Crippen LogP contribution in [-0.4, -0.2) is 27.5 Å². The van der Waals surface area contributed by atoms with Crippen molar-refractivity contribution in [3.05, 3.63) is 10.6 Å². The molecule has 2 rings (SSSR count). The molecule has 1 aromatic heterocycles. The van der Waals surface area contributed by atoms with E-state index in [1.165, 1.54) is 12.8 Å². The monoisotopic (exact) mass is 227 g/mol. The topological polar surface area (TPSA) is 42.8 Å². The number of H-pyrrole nitrogens is 1. The van der Waals surface area contributed by atoms with Crippen molar-refractivity contribution < 1.29 is 4.74 Å². The van der Waals surface area contributed by atoms with Crippen molar-refractivity contribution in [2.24, 2.45) is 0 Å². The first-order valence-electron chi connectivity index (χ1n) is 5.24. The van der Waals surface area contributed by atoms with Gasteiger partial charge in [-0.1, -0.05) is 0 Å². The maximum atomic E-state index is 5.41. The van der Waals surface area contributed by atoms with E-state index in [2.05, 4.69) is 28.6 Å². The summed E-state index contributed by atoms with van der Waals surface area (Å²) >= 11 is 5.23. The Morgan fingerprint density at radius 2 is 2.27 bits per heavy atom. The number of rotatable bonds is 4. The molecule has 5 heteroatoms. The summed E-state index contributed by atoms with van der Waals surface area (Å²) in [5.74, 6) is 1.69. The molecule has 0 aromatic carbocycles. The minimum absolute atomic E-state index is 0.203. The van der Waals surface area contributed by atoms with E-state index in [9.17, 15) is 0 Å². The average Bonchev–Trinajstić information content (AvgIpc) is 2.95. The molecule has 0 spiro atoms. The predicted octanol–water partition coefficient (Wildman–Crippen LogP) is 2.24. The number of hydrogen-bond donors (Lipinski definition) is 1. The van der Waals surface area contributed by atoms with E-state index in [1.54, 1.807) is 7.11 Å². The number of ether oxygens (including phenoxy) is 1. The number of methoxy groups -OCH3 is 1. The molecule has 1 fully saturated rings. The lowest BCUT2D eigenvalue weighted by molar-refractivity contribution is 0.00717. The number of aromatic nitrogens is 3. The van der Waals surface area contributed by atoms with Gasteiger partial charge in [0.15, 0.2) is 4.77 Å². The zero-order valence-electron chi connectivity index (χ0n) is 9.41. The lowest BCUT2D eigenvalue weighted by Gasteiger charge is -2.23. The second-order valence-electron chi connectivity index (χ2n) is 4.71. The molecule has 0 bridgehead atoms. The van der Waals surface area contributed by atoms with Crippen LogP contribution < -0.4 is 0 Å². The molecule has 0 atom stereocenters. The van der Waals surface area contributed by atoms with Crippen molar-refractivity contribution in [2.45, 2.75) is 44.8 Å². The van der Waals surface area contributed by atoms with Crippen LogP contribution in [-0.2, 0) is 11.3 Å². The van der Waals surface area contributed by atoms with Crippen molar-refractivity contribution >= 4 is 12.2 Å². The Bertz CT molecular complexity index is 403. The van der Waals surface area contributed by atoms with Gasteiger partial charge in [-0.2, -0.15) is 5.10 Å². The number of nitrogens with zero attached hydrogens (tertiary/aromatic N) is 2. The van der Waals surface area contributed by atoms with Gasteiger partial charge in [0.05, 0.1) is 12.1 Å². The summed E-state index contributed by atoms with van der Waals surface area (Å²) in [7, 11) is 1.72. The van der Waals surface area contributed by atoms with Gasteiger partial charge in [-0.15, -0.1) is 0 Å². The Labute approximate surface area is 94.6 Å². The summed E-state index contributed by atoms with van der Waals surface area (Å²) in [5, 5.41) is 7.15. The highest BCUT2D eigenvalue weighted by Crippen LogP contribution is 2.39. The lowest BCUT2D eigenvalue weighted by atomic mass is 10.1. The molecule has 0 aliphatic heterocycles. The van der Waals surface area contributed by atoms with Crippen molar-refractivity contribution in [1.82, 2.24) is 14.8 Å². The number of hydrogen-bond acceptors (Lipinski definition) is 3. The fourth-order valence-corrected chi connectivity index (χ4v) is 1.78. The van der Waals surface area contributed by atoms with Crippen molar-refractivity contribution in [3.8, 4) is 0 Å². The molecule has 0 saturated heterocycles. The molecule has 84 valence electrons. The maximum Gasteiger partial charge on any atom is 0.195 e. The fourth-order valence-electron chi connectivity index (χ4n) is 1.58. The third kappa shape index (κ3) is 2.29. The fraction of sp³-hybridized carbons (Fsp3) is 0.800. The molecular formula is C10H17N3OS. The molecule has 1 saturated carbocycles. The Morgan fingerprint density at radius 1 is 1.60 bits per heavy atom. The van der Waals surface area contributed by atoms with E-state index in [4.69, 9.17) is 17.0 Å². The highest BCUT2D eigenvalue weighted by atomic mass is 32.1. The highest BCUT2D eigenvalue weighted by Gasteiger charge is 2.30. The van der Waals surface area contributed by atoms with Crippen molar-refractivity contribution in [2.75, 3.05) is 7.11 Å². The summed E-state index contributed by atoms with van der Waals surface area (Å²) in [4.78, 5) is 0. The second kappa shape index (κ2) is 3.72.